The zero-order valence-electron chi connectivity index (χ0n) is 6.47. The third-order valence-electron chi connectivity index (χ3n) is 1.75. The van der Waals surface area contributed by atoms with Gasteiger partial charge in [-0.05, 0) is 28.9 Å². The molecular formula is C8H10BrClO. The maximum absolute atomic E-state index is 5.91. The zero-order valence-corrected chi connectivity index (χ0v) is 8.82. The van der Waals surface area contributed by atoms with Crippen LogP contribution in [-0.4, -0.2) is 5.38 Å². The summed E-state index contributed by atoms with van der Waals surface area (Å²) in [4.78, 5) is 0. The second-order valence-corrected chi connectivity index (χ2v) is 4.14. The van der Waals surface area contributed by atoms with Gasteiger partial charge >= 0.3 is 0 Å². The van der Waals surface area contributed by atoms with Crippen LogP contribution in [-0.2, 0) is 0 Å². The molecule has 1 aromatic rings. The monoisotopic (exact) mass is 236 g/mol. The summed E-state index contributed by atoms with van der Waals surface area (Å²) >= 11 is 9.29. The van der Waals surface area contributed by atoms with Gasteiger partial charge in [-0.3, -0.25) is 0 Å². The number of hydrogen-bond acceptors (Lipinski definition) is 1. The summed E-state index contributed by atoms with van der Waals surface area (Å²) in [7, 11) is 0. The van der Waals surface area contributed by atoms with Gasteiger partial charge in [0, 0.05) is 11.3 Å². The molecule has 0 aliphatic heterocycles. The Balaban J connectivity index is 2.84. The van der Waals surface area contributed by atoms with Crippen LogP contribution in [0, 0.1) is 0 Å². The molecule has 2 atom stereocenters. The van der Waals surface area contributed by atoms with Crippen molar-refractivity contribution < 1.29 is 4.42 Å². The minimum Gasteiger partial charge on any atom is -0.468 e. The molecule has 1 aromatic heterocycles. The molecule has 62 valence electrons. The van der Waals surface area contributed by atoms with Gasteiger partial charge in [-0.1, -0.05) is 6.92 Å². The number of alkyl halides is 1. The standard InChI is InChI=1S/C8H10BrClO/c1-5(6(2)10)8-7(9)3-4-11-8/h3-6H,1-2H3. The van der Waals surface area contributed by atoms with E-state index in [2.05, 4.69) is 15.9 Å². The SMILES string of the molecule is CC(Cl)C(C)c1occc1Br. The molecule has 0 N–H and O–H groups in total. The van der Waals surface area contributed by atoms with Crippen molar-refractivity contribution in [3.63, 3.8) is 0 Å². The average molecular weight is 238 g/mol. The van der Waals surface area contributed by atoms with Gasteiger partial charge in [-0.15, -0.1) is 11.6 Å². The Hall–Kier alpha value is 0.0500. The number of halogens is 2. The number of hydrogen-bond donors (Lipinski definition) is 0. The predicted octanol–water partition coefficient (Wildman–Crippen LogP) is 3.77. The van der Waals surface area contributed by atoms with Crippen molar-refractivity contribution in [3.05, 3.63) is 22.6 Å². The second kappa shape index (κ2) is 3.63. The van der Waals surface area contributed by atoms with Crippen LogP contribution in [0.5, 0.6) is 0 Å². The summed E-state index contributed by atoms with van der Waals surface area (Å²) in [6.45, 7) is 4.00. The van der Waals surface area contributed by atoms with Gasteiger partial charge in [0.2, 0.25) is 0 Å². The fourth-order valence-electron chi connectivity index (χ4n) is 0.839. The normalized spacial score (nSPS) is 16.4. The van der Waals surface area contributed by atoms with E-state index in [9.17, 15) is 0 Å². The Morgan fingerprint density at radius 3 is 2.55 bits per heavy atom. The molecule has 0 bridgehead atoms. The van der Waals surface area contributed by atoms with Gasteiger partial charge in [-0.25, -0.2) is 0 Å². The Labute approximate surface area is 79.9 Å². The van der Waals surface area contributed by atoms with E-state index in [1.165, 1.54) is 0 Å². The Kier molecular flexibility index (Phi) is 3.02. The van der Waals surface area contributed by atoms with E-state index in [1.54, 1.807) is 6.26 Å². The molecule has 0 spiro atoms. The van der Waals surface area contributed by atoms with Crippen LogP contribution in [0.2, 0.25) is 0 Å². The Morgan fingerprint density at radius 2 is 2.18 bits per heavy atom. The first kappa shape index (κ1) is 9.14. The smallest absolute Gasteiger partial charge is 0.122 e. The van der Waals surface area contributed by atoms with Crippen molar-refractivity contribution in [2.75, 3.05) is 0 Å². The molecule has 1 heterocycles. The van der Waals surface area contributed by atoms with Gasteiger partial charge in [0.1, 0.15) is 5.76 Å². The molecule has 0 saturated heterocycles. The summed E-state index contributed by atoms with van der Waals surface area (Å²) < 4.78 is 6.25. The molecule has 0 aliphatic carbocycles. The van der Waals surface area contributed by atoms with E-state index >= 15 is 0 Å². The van der Waals surface area contributed by atoms with E-state index in [-0.39, 0.29) is 11.3 Å². The summed E-state index contributed by atoms with van der Waals surface area (Å²) in [5.74, 6) is 1.17. The summed E-state index contributed by atoms with van der Waals surface area (Å²) in [5, 5.41) is 0.0949. The minimum atomic E-state index is 0.0949. The highest BCUT2D eigenvalue weighted by Crippen LogP contribution is 2.29. The van der Waals surface area contributed by atoms with Crippen molar-refractivity contribution >= 4 is 27.5 Å². The van der Waals surface area contributed by atoms with Crippen molar-refractivity contribution in [2.45, 2.75) is 25.1 Å². The molecule has 0 fully saturated rings. The maximum Gasteiger partial charge on any atom is 0.122 e. The first-order valence-electron chi connectivity index (χ1n) is 3.50. The van der Waals surface area contributed by atoms with Crippen LogP contribution in [0.25, 0.3) is 0 Å². The maximum atomic E-state index is 5.91. The summed E-state index contributed by atoms with van der Waals surface area (Å²) in [5.41, 5.74) is 0. The number of rotatable bonds is 2. The number of furan rings is 1. The molecule has 11 heavy (non-hydrogen) atoms. The van der Waals surface area contributed by atoms with Gasteiger partial charge in [0.25, 0.3) is 0 Å². The molecule has 0 radical (unpaired) electrons. The largest absolute Gasteiger partial charge is 0.468 e. The molecule has 0 aliphatic rings. The van der Waals surface area contributed by atoms with E-state index in [0.29, 0.717) is 0 Å². The van der Waals surface area contributed by atoms with Gasteiger partial charge in [0.15, 0.2) is 0 Å². The molecule has 2 unspecified atom stereocenters. The van der Waals surface area contributed by atoms with E-state index in [0.717, 1.165) is 10.2 Å². The molecule has 0 saturated carbocycles. The molecule has 1 rings (SSSR count). The topological polar surface area (TPSA) is 13.1 Å². The first-order valence-corrected chi connectivity index (χ1v) is 4.73. The third-order valence-corrected chi connectivity index (χ3v) is 2.78. The van der Waals surface area contributed by atoms with Crippen molar-refractivity contribution in [2.24, 2.45) is 0 Å². The average Bonchev–Trinajstić information content (AvgIpc) is 2.33. The van der Waals surface area contributed by atoms with E-state index in [4.69, 9.17) is 16.0 Å². The van der Waals surface area contributed by atoms with Crippen LogP contribution in [0.3, 0.4) is 0 Å². The lowest BCUT2D eigenvalue weighted by Gasteiger charge is -2.10. The van der Waals surface area contributed by atoms with Gasteiger partial charge in [-0.2, -0.15) is 0 Å². The van der Waals surface area contributed by atoms with Crippen LogP contribution >= 0.6 is 27.5 Å². The minimum absolute atomic E-state index is 0.0949. The fraction of sp³-hybridized carbons (Fsp3) is 0.500. The van der Waals surface area contributed by atoms with Crippen LogP contribution in [0.4, 0.5) is 0 Å². The van der Waals surface area contributed by atoms with Gasteiger partial charge < -0.3 is 4.42 Å². The second-order valence-electron chi connectivity index (χ2n) is 2.60. The lowest BCUT2D eigenvalue weighted by atomic mass is 10.1. The highest BCUT2D eigenvalue weighted by molar-refractivity contribution is 9.10. The highest BCUT2D eigenvalue weighted by Gasteiger charge is 2.17. The summed E-state index contributed by atoms with van der Waals surface area (Å²) in [6, 6.07) is 1.88. The highest BCUT2D eigenvalue weighted by atomic mass is 79.9. The van der Waals surface area contributed by atoms with Crippen molar-refractivity contribution in [1.29, 1.82) is 0 Å². The van der Waals surface area contributed by atoms with E-state index in [1.807, 2.05) is 19.9 Å². The van der Waals surface area contributed by atoms with Crippen LogP contribution in [0.15, 0.2) is 21.2 Å². The summed E-state index contributed by atoms with van der Waals surface area (Å²) in [6.07, 6.45) is 1.66. The van der Waals surface area contributed by atoms with Gasteiger partial charge in [0.05, 0.1) is 10.7 Å². The molecule has 3 heteroatoms. The molecule has 0 amide bonds. The van der Waals surface area contributed by atoms with E-state index < -0.39 is 0 Å². The van der Waals surface area contributed by atoms with Crippen LogP contribution in [0.1, 0.15) is 25.5 Å². The lowest BCUT2D eigenvalue weighted by molar-refractivity contribution is 0.469. The van der Waals surface area contributed by atoms with Crippen molar-refractivity contribution in [3.8, 4) is 0 Å². The van der Waals surface area contributed by atoms with Crippen LogP contribution < -0.4 is 0 Å². The zero-order chi connectivity index (χ0) is 8.43. The first-order chi connectivity index (χ1) is 5.13. The third kappa shape index (κ3) is 2.00. The predicted molar refractivity (Wildman–Crippen MR) is 50.1 cm³/mol. The van der Waals surface area contributed by atoms with Crippen molar-refractivity contribution in [1.82, 2.24) is 0 Å². The molecule has 0 aromatic carbocycles. The molecular weight excluding hydrogens is 227 g/mol. The Morgan fingerprint density at radius 1 is 1.55 bits per heavy atom. The quantitative estimate of drug-likeness (QED) is 0.714. The Bertz CT molecular complexity index is 232. The fourth-order valence-corrected chi connectivity index (χ4v) is 1.52. The lowest BCUT2D eigenvalue weighted by Crippen LogP contribution is -2.03. The molecule has 1 nitrogen and oxygen atoms in total.